The maximum absolute atomic E-state index is 13.8. The van der Waals surface area contributed by atoms with Crippen molar-refractivity contribution in [2.24, 2.45) is 0 Å². The van der Waals surface area contributed by atoms with Crippen LogP contribution in [0, 0.1) is 27.7 Å². The summed E-state index contributed by atoms with van der Waals surface area (Å²) in [6, 6.07) is 5.31. The van der Waals surface area contributed by atoms with Crippen LogP contribution in [0.2, 0.25) is 0 Å². The van der Waals surface area contributed by atoms with Gasteiger partial charge in [-0.25, -0.2) is 13.4 Å². The number of aromatic nitrogens is 7. The normalized spacial score (nSPS) is 14.4. The van der Waals surface area contributed by atoms with Crippen LogP contribution in [0.1, 0.15) is 72.3 Å². The van der Waals surface area contributed by atoms with Crippen LogP contribution < -0.4 is 0 Å². The van der Waals surface area contributed by atoms with E-state index in [2.05, 4.69) is 30.3 Å². The molecule has 4 rings (SSSR count). The van der Waals surface area contributed by atoms with Gasteiger partial charge in [-0.15, -0.1) is 10.2 Å². The fraction of sp³-hybridized carbons (Fsp3) is 0.462. The lowest BCUT2D eigenvalue weighted by Crippen LogP contribution is -2.30. The molecule has 202 valence electrons. The highest BCUT2D eigenvalue weighted by atomic mass is 32.2. The van der Waals surface area contributed by atoms with Crippen molar-refractivity contribution in [3.8, 4) is 11.5 Å². The van der Waals surface area contributed by atoms with Crippen molar-refractivity contribution in [3.05, 3.63) is 70.5 Å². The first-order chi connectivity index (χ1) is 18.1. The fourth-order valence-electron chi connectivity index (χ4n) is 4.68. The second kappa shape index (κ2) is 11.1. The third-order valence-corrected chi connectivity index (χ3v) is 8.71. The smallest absolute Gasteiger partial charge is 0.183 e. The van der Waals surface area contributed by atoms with Gasteiger partial charge in [-0.2, -0.15) is 0 Å². The van der Waals surface area contributed by atoms with Crippen LogP contribution in [0.25, 0.3) is 11.5 Å². The van der Waals surface area contributed by atoms with Gasteiger partial charge < -0.3 is 13.8 Å². The molecule has 0 amide bonds. The van der Waals surface area contributed by atoms with Crippen LogP contribution >= 0.6 is 0 Å². The van der Waals surface area contributed by atoms with Crippen molar-refractivity contribution in [2.75, 3.05) is 7.11 Å². The number of sulfone groups is 1. The van der Waals surface area contributed by atoms with Crippen LogP contribution in [0.15, 0.2) is 35.1 Å². The molecule has 3 atom stereocenters. The summed E-state index contributed by atoms with van der Waals surface area (Å²) in [7, 11) is -2.32. The van der Waals surface area contributed by atoms with E-state index in [-0.39, 0.29) is 11.8 Å². The molecular weight excluding hydrogens is 506 g/mol. The third kappa shape index (κ3) is 5.37. The predicted molar refractivity (Wildman–Crippen MR) is 141 cm³/mol. The lowest BCUT2D eigenvalue weighted by molar-refractivity contribution is 0.0983. The zero-order valence-corrected chi connectivity index (χ0v) is 23.5. The minimum Gasteiger partial charge on any atom is -0.374 e. The van der Waals surface area contributed by atoms with Crippen LogP contribution in [0.5, 0.6) is 0 Å². The van der Waals surface area contributed by atoms with Crippen molar-refractivity contribution in [2.45, 2.75) is 71.1 Å². The van der Waals surface area contributed by atoms with Gasteiger partial charge in [0.1, 0.15) is 29.1 Å². The van der Waals surface area contributed by atoms with Gasteiger partial charge in [0.05, 0.1) is 34.6 Å². The Morgan fingerprint density at radius 3 is 2.39 bits per heavy atom. The number of nitrogens with zero attached hydrogens (tertiary/aromatic N) is 7. The lowest BCUT2D eigenvalue weighted by Gasteiger charge is -2.24. The standard InChI is InChI=1S/C26H33N7O4S/c1-8-22(24-17(4)32-37-18(24)5)33-23(30-31-26(33)20-11-9-10-15(2)29-20)14-38(34,35)19(6)25(36-7)21-13-27-16(3)12-28-21/h9-13,19,22,25H,8,14H2,1-7H3/t19-,22+,25-/m0/s1. The number of hydrogen-bond donors (Lipinski definition) is 0. The summed E-state index contributed by atoms with van der Waals surface area (Å²) < 4.78 is 40.4. The van der Waals surface area contributed by atoms with E-state index < -0.39 is 21.2 Å². The maximum atomic E-state index is 13.8. The molecule has 4 aromatic rings. The molecule has 0 spiro atoms. The first kappa shape index (κ1) is 27.5. The summed E-state index contributed by atoms with van der Waals surface area (Å²) in [6.45, 7) is 11.0. The fourth-order valence-corrected chi connectivity index (χ4v) is 6.12. The first-order valence-electron chi connectivity index (χ1n) is 12.4. The van der Waals surface area contributed by atoms with E-state index in [9.17, 15) is 8.42 Å². The zero-order chi connectivity index (χ0) is 27.6. The summed E-state index contributed by atoms with van der Waals surface area (Å²) in [5, 5.41) is 12.0. The zero-order valence-electron chi connectivity index (χ0n) is 22.7. The van der Waals surface area contributed by atoms with E-state index in [1.165, 1.54) is 7.11 Å². The van der Waals surface area contributed by atoms with Crippen LogP contribution in [0.4, 0.5) is 0 Å². The Bertz CT molecular complexity index is 1490. The van der Waals surface area contributed by atoms with Crippen molar-refractivity contribution in [1.82, 2.24) is 34.9 Å². The summed E-state index contributed by atoms with van der Waals surface area (Å²) in [4.78, 5) is 13.2. The highest BCUT2D eigenvalue weighted by Gasteiger charge is 2.35. The van der Waals surface area contributed by atoms with Gasteiger partial charge in [-0.3, -0.25) is 9.97 Å². The van der Waals surface area contributed by atoms with Gasteiger partial charge in [0, 0.05) is 24.6 Å². The third-order valence-electron chi connectivity index (χ3n) is 6.67. The van der Waals surface area contributed by atoms with Crippen molar-refractivity contribution < 1.29 is 17.7 Å². The number of methoxy groups -OCH3 is 1. The van der Waals surface area contributed by atoms with Gasteiger partial charge in [0.25, 0.3) is 0 Å². The molecule has 0 unspecified atom stereocenters. The largest absolute Gasteiger partial charge is 0.374 e. The number of aryl methyl sites for hydroxylation is 4. The Hall–Kier alpha value is -3.51. The summed E-state index contributed by atoms with van der Waals surface area (Å²) in [5.41, 5.74) is 4.19. The molecular formula is C26H33N7O4S. The van der Waals surface area contributed by atoms with E-state index in [4.69, 9.17) is 9.26 Å². The van der Waals surface area contributed by atoms with Gasteiger partial charge in [-0.05, 0) is 53.2 Å². The average molecular weight is 540 g/mol. The second-order valence-corrected chi connectivity index (χ2v) is 11.7. The first-order valence-corrected chi connectivity index (χ1v) is 14.1. The van der Waals surface area contributed by atoms with E-state index >= 15 is 0 Å². The average Bonchev–Trinajstić information content (AvgIpc) is 3.44. The topological polar surface area (TPSA) is 139 Å². The van der Waals surface area contributed by atoms with Crippen LogP contribution in [0.3, 0.4) is 0 Å². The Kier molecular flexibility index (Phi) is 8.02. The van der Waals surface area contributed by atoms with Crippen molar-refractivity contribution >= 4 is 9.84 Å². The highest BCUT2D eigenvalue weighted by molar-refractivity contribution is 7.91. The van der Waals surface area contributed by atoms with Gasteiger partial charge in [0.2, 0.25) is 0 Å². The Labute approximate surface area is 222 Å². The molecule has 4 aromatic heterocycles. The molecule has 0 N–H and O–H groups in total. The molecule has 4 heterocycles. The highest BCUT2D eigenvalue weighted by Crippen LogP contribution is 2.34. The predicted octanol–water partition coefficient (Wildman–Crippen LogP) is 4.04. The molecule has 0 radical (unpaired) electrons. The molecule has 0 bridgehead atoms. The van der Waals surface area contributed by atoms with Gasteiger partial charge in [-0.1, -0.05) is 18.1 Å². The number of ether oxygens (including phenoxy) is 1. The van der Waals surface area contributed by atoms with Crippen molar-refractivity contribution in [3.63, 3.8) is 0 Å². The monoisotopic (exact) mass is 539 g/mol. The second-order valence-electron chi connectivity index (χ2n) is 9.39. The van der Waals surface area contributed by atoms with Crippen LogP contribution in [-0.4, -0.2) is 55.7 Å². The molecule has 0 aliphatic rings. The minimum atomic E-state index is -3.79. The van der Waals surface area contributed by atoms with E-state index in [0.29, 0.717) is 35.2 Å². The van der Waals surface area contributed by atoms with Crippen molar-refractivity contribution in [1.29, 1.82) is 0 Å². The summed E-state index contributed by atoms with van der Waals surface area (Å²) >= 11 is 0. The molecule has 38 heavy (non-hydrogen) atoms. The summed E-state index contributed by atoms with van der Waals surface area (Å²) in [5.74, 6) is 1.08. The van der Waals surface area contributed by atoms with Crippen LogP contribution in [-0.2, 0) is 20.3 Å². The van der Waals surface area contributed by atoms with E-state index in [0.717, 1.165) is 22.6 Å². The quantitative estimate of drug-likeness (QED) is 0.290. The molecule has 12 heteroatoms. The molecule has 0 saturated heterocycles. The van der Waals surface area contributed by atoms with E-state index in [1.54, 1.807) is 19.3 Å². The Morgan fingerprint density at radius 2 is 1.82 bits per heavy atom. The van der Waals surface area contributed by atoms with E-state index in [1.807, 2.05) is 57.4 Å². The molecule has 11 nitrogen and oxygen atoms in total. The maximum Gasteiger partial charge on any atom is 0.183 e. The summed E-state index contributed by atoms with van der Waals surface area (Å²) in [6.07, 6.45) is 2.96. The number of rotatable bonds is 10. The number of hydrogen-bond acceptors (Lipinski definition) is 10. The molecule has 0 aliphatic carbocycles. The molecule has 0 aliphatic heterocycles. The SMILES string of the molecule is CC[C@H](c1c(C)noc1C)n1c(CS(=O)(=O)[C@@H](C)[C@H](OC)c2cnc(C)cn2)nnc1-c1cccc(C)n1. The Morgan fingerprint density at radius 1 is 1.05 bits per heavy atom. The number of pyridine rings is 1. The molecule has 0 aromatic carbocycles. The van der Waals surface area contributed by atoms with Gasteiger partial charge in [0.15, 0.2) is 15.7 Å². The Balaban J connectivity index is 1.80. The van der Waals surface area contributed by atoms with Gasteiger partial charge >= 0.3 is 0 Å². The minimum absolute atomic E-state index is 0.298. The lowest BCUT2D eigenvalue weighted by atomic mass is 10.0. The molecule has 0 saturated carbocycles. The molecule has 0 fully saturated rings.